The summed E-state index contributed by atoms with van der Waals surface area (Å²) in [5, 5.41) is 0. The van der Waals surface area contributed by atoms with E-state index >= 15 is 0 Å². The van der Waals surface area contributed by atoms with Gasteiger partial charge in [-0.05, 0) is 25.0 Å². The van der Waals surface area contributed by atoms with Crippen molar-refractivity contribution in [1.82, 2.24) is 19.3 Å². The van der Waals surface area contributed by atoms with Gasteiger partial charge in [-0.25, -0.2) is 27.8 Å². The summed E-state index contributed by atoms with van der Waals surface area (Å²) < 4.78 is 51.0. The molecule has 10 heteroatoms. The Balaban J connectivity index is 1.40. The van der Waals surface area contributed by atoms with Gasteiger partial charge in [-0.2, -0.15) is 4.31 Å². The van der Waals surface area contributed by atoms with Crippen LogP contribution in [0.15, 0.2) is 52.2 Å². The topological polar surface area (TPSA) is 98.4 Å². The number of halogens is 1. The summed E-state index contributed by atoms with van der Waals surface area (Å²) >= 11 is 0. The molecule has 0 bridgehead atoms. The quantitative estimate of drug-likeness (QED) is 0.628. The minimum Gasteiger partial charge on any atom is -0.460 e. The van der Waals surface area contributed by atoms with Crippen LogP contribution in [0.4, 0.5) is 4.39 Å². The number of aryl methyl sites for hydroxylation is 1. The third-order valence-corrected chi connectivity index (χ3v) is 6.59. The second-order valence-electron chi connectivity index (χ2n) is 6.68. The summed E-state index contributed by atoms with van der Waals surface area (Å²) in [7, 11) is -3.60. The van der Waals surface area contributed by atoms with E-state index in [2.05, 4.69) is 15.0 Å². The SMILES string of the molecule is Cc1nc(-c2ccc(S(=O)(=O)N3CCC(Oc4ncc(F)cn4)CC3)cc2)co1. The van der Waals surface area contributed by atoms with E-state index in [1.807, 2.05) is 0 Å². The fraction of sp³-hybridized carbons (Fsp3) is 0.316. The van der Waals surface area contributed by atoms with Gasteiger partial charge in [-0.1, -0.05) is 12.1 Å². The van der Waals surface area contributed by atoms with Crippen molar-refractivity contribution in [3.8, 4) is 17.3 Å². The smallest absolute Gasteiger partial charge is 0.316 e. The molecule has 8 nitrogen and oxygen atoms in total. The molecule has 2 aromatic heterocycles. The van der Waals surface area contributed by atoms with Crippen molar-refractivity contribution in [2.75, 3.05) is 13.1 Å². The second kappa shape index (κ2) is 7.88. The van der Waals surface area contributed by atoms with Crippen LogP contribution < -0.4 is 4.74 Å². The van der Waals surface area contributed by atoms with Crippen molar-refractivity contribution < 1.29 is 22.0 Å². The number of nitrogens with zero attached hydrogens (tertiary/aromatic N) is 4. The van der Waals surface area contributed by atoms with Crippen LogP contribution in [0.3, 0.4) is 0 Å². The summed E-state index contributed by atoms with van der Waals surface area (Å²) in [4.78, 5) is 12.0. The van der Waals surface area contributed by atoms with Crippen molar-refractivity contribution >= 4 is 10.0 Å². The Morgan fingerprint density at radius 1 is 1.14 bits per heavy atom. The van der Waals surface area contributed by atoms with Crippen molar-refractivity contribution in [3.63, 3.8) is 0 Å². The Bertz CT molecular complexity index is 1080. The van der Waals surface area contributed by atoms with Crippen LogP contribution in [0, 0.1) is 12.7 Å². The molecule has 1 fully saturated rings. The number of oxazole rings is 1. The number of piperidine rings is 1. The van der Waals surface area contributed by atoms with Crippen LogP contribution in [-0.2, 0) is 10.0 Å². The number of hydrogen-bond donors (Lipinski definition) is 0. The molecule has 0 amide bonds. The van der Waals surface area contributed by atoms with E-state index in [1.165, 1.54) is 10.6 Å². The molecule has 0 saturated carbocycles. The van der Waals surface area contributed by atoms with E-state index in [0.717, 1.165) is 18.0 Å². The fourth-order valence-corrected chi connectivity index (χ4v) is 4.61. The summed E-state index contributed by atoms with van der Waals surface area (Å²) in [6.45, 7) is 2.38. The monoisotopic (exact) mass is 418 g/mol. The highest BCUT2D eigenvalue weighted by Crippen LogP contribution is 2.25. The first kappa shape index (κ1) is 19.5. The first-order chi connectivity index (χ1) is 13.9. The molecule has 152 valence electrons. The Labute approximate surface area is 167 Å². The van der Waals surface area contributed by atoms with Crippen molar-refractivity contribution in [2.45, 2.75) is 30.8 Å². The highest BCUT2D eigenvalue weighted by atomic mass is 32.2. The highest BCUT2D eigenvalue weighted by molar-refractivity contribution is 7.89. The molecule has 1 aliphatic heterocycles. The Morgan fingerprint density at radius 3 is 2.38 bits per heavy atom. The molecular weight excluding hydrogens is 399 g/mol. The molecule has 3 aromatic rings. The molecular formula is C19H19FN4O4S. The van der Waals surface area contributed by atoms with Crippen LogP contribution in [0.25, 0.3) is 11.3 Å². The summed E-state index contributed by atoms with van der Waals surface area (Å²) in [5.41, 5.74) is 1.44. The Kier molecular flexibility index (Phi) is 5.29. The van der Waals surface area contributed by atoms with Gasteiger partial charge in [-0.15, -0.1) is 0 Å². The number of sulfonamides is 1. The van der Waals surface area contributed by atoms with Gasteiger partial charge in [0.05, 0.1) is 17.3 Å². The van der Waals surface area contributed by atoms with Crippen molar-refractivity contribution in [3.05, 3.63) is 54.6 Å². The molecule has 1 saturated heterocycles. The van der Waals surface area contributed by atoms with Gasteiger partial charge in [0, 0.05) is 25.6 Å². The molecule has 3 heterocycles. The van der Waals surface area contributed by atoms with E-state index in [0.29, 0.717) is 37.5 Å². The molecule has 1 aliphatic rings. The summed E-state index contributed by atoms with van der Waals surface area (Å²) in [6.07, 6.45) is 4.38. The van der Waals surface area contributed by atoms with Crippen molar-refractivity contribution in [2.24, 2.45) is 0 Å². The molecule has 0 N–H and O–H groups in total. The number of aromatic nitrogens is 3. The van der Waals surface area contributed by atoms with Gasteiger partial charge in [0.15, 0.2) is 11.7 Å². The van der Waals surface area contributed by atoms with Gasteiger partial charge in [0.1, 0.15) is 18.1 Å². The third-order valence-electron chi connectivity index (χ3n) is 4.68. The van der Waals surface area contributed by atoms with Gasteiger partial charge < -0.3 is 9.15 Å². The van der Waals surface area contributed by atoms with Crippen molar-refractivity contribution in [1.29, 1.82) is 0 Å². The zero-order valence-electron chi connectivity index (χ0n) is 15.7. The number of ether oxygens (including phenoxy) is 1. The molecule has 0 atom stereocenters. The third kappa shape index (κ3) is 4.28. The first-order valence-corrected chi connectivity index (χ1v) is 10.5. The van der Waals surface area contributed by atoms with Crippen LogP contribution >= 0.6 is 0 Å². The van der Waals surface area contributed by atoms with Crippen LogP contribution in [0.5, 0.6) is 6.01 Å². The van der Waals surface area contributed by atoms with E-state index in [-0.39, 0.29) is 17.0 Å². The molecule has 4 rings (SSSR count). The lowest BCUT2D eigenvalue weighted by molar-refractivity contribution is 0.124. The molecule has 0 aliphatic carbocycles. The molecule has 0 radical (unpaired) electrons. The van der Waals surface area contributed by atoms with Gasteiger partial charge in [-0.3, -0.25) is 0 Å². The molecule has 29 heavy (non-hydrogen) atoms. The van der Waals surface area contributed by atoms with E-state index < -0.39 is 15.8 Å². The molecule has 1 aromatic carbocycles. The number of rotatable bonds is 5. The minimum absolute atomic E-state index is 0.0892. The van der Waals surface area contributed by atoms with E-state index in [9.17, 15) is 12.8 Å². The lowest BCUT2D eigenvalue weighted by atomic mass is 10.1. The van der Waals surface area contributed by atoms with E-state index in [1.54, 1.807) is 31.2 Å². The maximum atomic E-state index is 12.9. The fourth-order valence-electron chi connectivity index (χ4n) is 3.14. The maximum absolute atomic E-state index is 12.9. The average molecular weight is 418 g/mol. The normalized spacial score (nSPS) is 16.1. The molecule has 0 spiro atoms. The minimum atomic E-state index is -3.60. The zero-order chi connectivity index (χ0) is 20.4. The largest absolute Gasteiger partial charge is 0.460 e. The summed E-state index contributed by atoms with van der Waals surface area (Å²) in [5.74, 6) is 0.00999. The lowest BCUT2D eigenvalue weighted by Gasteiger charge is -2.30. The Morgan fingerprint density at radius 2 is 1.79 bits per heavy atom. The van der Waals surface area contributed by atoms with Gasteiger partial charge >= 0.3 is 6.01 Å². The second-order valence-corrected chi connectivity index (χ2v) is 8.62. The zero-order valence-corrected chi connectivity index (χ0v) is 16.5. The van der Waals surface area contributed by atoms with Crippen LogP contribution in [0.1, 0.15) is 18.7 Å². The average Bonchev–Trinajstić information content (AvgIpc) is 3.17. The first-order valence-electron chi connectivity index (χ1n) is 9.09. The lowest BCUT2D eigenvalue weighted by Crippen LogP contribution is -2.41. The van der Waals surface area contributed by atoms with Crippen LogP contribution in [-0.4, -0.2) is 46.9 Å². The predicted molar refractivity (Wildman–Crippen MR) is 101 cm³/mol. The Hall–Kier alpha value is -2.85. The van der Waals surface area contributed by atoms with Gasteiger partial charge in [0.2, 0.25) is 10.0 Å². The highest BCUT2D eigenvalue weighted by Gasteiger charge is 2.30. The standard InChI is InChI=1S/C19H19FN4O4S/c1-13-23-18(12-27-13)14-2-4-17(5-3-14)29(25,26)24-8-6-16(7-9-24)28-19-21-10-15(20)11-22-19/h2-5,10-12,16H,6-9H2,1H3. The van der Waals surface area contributed by atoms with E-state index in [4.69, 9.17) is 9.15 Å². The summed E-state index contributed by atoms with van der Waals surface area (Å²) in [6, 6.07) is 6.66. The van der Waals surface area contributed by atoms with Crippen LogP contribution in [0.2, 0.25) is 0 Å². The predicted octanol–water partition coefficient (Wildman–Crippen LogP) is 2.81. The number of hydrogen-bond acceptors (Lipinski definition) is 7. The van der Waals surface area contributed by atoms with Gasteiger partial charge in [0.25, 0.3) is 0 Å². The molecule has 0 unspecified atom stereocenters. The maximum Gasteiger partial charge on any atom is 0.316 e. The number of benzene rings is 1.